The average molecular weight is 299 g/mol. The van der Waals surface area contributed by atoms with E-state index in [0.29, 0.717) is 0 Å². The molecule has 0 radical (unpaired) electrons. The smallest absolute Gasteiger partial charge is 0.228 e. The molecule has 0 aromatic heterocycles. The summed E-state index contributed by atoms with van der Waals surface area (Å²) >= 11 is 0. The molecule has 20 heavy (non-hydrogen) atoms. The lowest BCUT2D eigenvalue weighted by Crippen LogP contribution is -2.63. The highest BCUT2D eigenvalue weighted by Crippen LogP contribution is 2.20. The van der Waals surface area contributed by atoms with Gasteiger partial charge in [-0.1, -0.05) is 46.2 Å². The van der Waals surface area contributed by atoms with Gasteiger partial charge < -0.3 is 9.13 Å². The van der Waals surface area contributed by atoms with Crippen molar-refractivity contribution in [1.29, 1.82) is 0 Å². The highest BCUT2D eigenvalue weighted by Gasteiger charge is 2.37. The Balaban J connectivity index is 5.04. The van der Waals surface area contributed by atoms with Crippen molar-refractivity contribution in [2.45, 2.75) is 72.8 Å². The van der Waals surface area contributed by atoms with E-state index in [0.717, 1.165) is 0 Å². The third-order valence-corrected chi connectivity index (χ3v) is 8.45. The number of unbranched alkanes of at least 4 members (excludes halogenated alkanes) is 2. The van der Waals surface area contributed by atoms with Crippen LogP contribution in [0.4, 0.5) is 0 Å². The molecule has 0 unspecified atom stereocenters. The molecule has 0 aliphatic rings. The fraction of sp³-hybridized carbons (Fsp3) is 0.882. The van der Waals surface area contributed by atoms with E-state index < -0.39 is 8.40 Å². The molecule has 0 aromatic rings. The maximum Gasteiger partial charge on any atom is 0.228 e. The first-order valence-corrected chi connectivity index (χ1v) is 11.2. The molecule has 0 rings (SSSR count). The van der Waals surface area contributed by atoms with Gasteiger partial charge in [-0.2, -0.15) is 0 Å². The van der Waals surface area contributed by atoms with E-state index in [9.17, 15) is 0 Å². The highest BCUT2D eigenvalue weighted by molar-refractivity contribution is 6.78. The summed E-state index contributed by atoms with van der Waals surface area (Å²) in [6, 6.07) is 0. The molecular formula is C17H38N2Si. The minimum atomic E-state index is -1.67. The fourth-order valence-electron chi connectivity index (χ4n) is 2.83. The summed E-state index contributed by atoms with van der Waals surface area (Å²) in [5.41, 5.74) is 2.31. The van der Waals surface area contributed by atoms with Gasteiger partial charge in [0.1, 0.15) is 0 Å². The van der Waals surface area contributed by atoms with Gasteiger partial charge in [0, 0.05) is 0 Å². The summed E-state index contributed by atoms with van der Waals surface area (Å²) in [6.07, 6.45) is 7.67. The van der Waals surface area contributed by atoms with Gasteiger partial charge in [0.2, 0.25) is 8.40 Å². The predicted octanol–water partition coefficient (Wildman–Crippen LogP) is 4.81. The molecule has 0 aromatic carbocycles. The van der Waals surface area contributed by atoms with Crippen molar-refractivity contribution in [3.63, 3.8) is 0 Å². The topological polar surface area (TPSA) is 6.48 Å². The van der Waals surface area contributed by atoms with Crippen molar-refractivity contribution >= 4 is 8.40 Å². The molecule has 120 valence electrons. The molecular weight excluding hydrogens is 260 g/mol. The molecule has 0 N–H and O–H groups in total. The van der Waals surface area contributed by atoms with E-state index in [4.69, 9.17) is 0 Å². The van der Waals surface area contributed by atoms with Crippen molar-refractivity contribution in [3.05, 3.63) is 12.3 Å². The molecule has 0 fully saturated rings. The highest BCUT2D eigenvalue weighted by atomic mass is 28.3. The number of nitrogens with zero attached hydrogens (tertiary/aromatic N) is 2. The minimum absolute atomic E-state index is 1.22. The maximum atomic E-state index is 4.23. The average Bonchev–Trinajstić information content (AvgIpc) is 2.47. The van der Waals surface area contributed by atoms with Crippen molar-refractivity contribution in [2.75, 3.05) is 26.2 Å². The van der Waals surface area contributed by atoms with Gasteiger partial charge in [-0.05, 0) is 58.4 Å². The van der Waals surface area contributed by atoms with Crippen LogP contribution in [0.1, 0.15) is 66.2 Å². The van der Waals surface area contributed by atoms with E-state index >= 15 is 0 Å². The first kappa shape index (κ1) is 19.9. The molecule has 0 saturated carbocycles. The number of rotatable bonds is 13. The molecule has 0 spiro atoms. The molecule has 0 aliphatic heterocycles. The molecule has 0 aliphatic carbocycles. The first-order chi connectivity index (χ1) is 9.60. The predicted molar refractivity (Wildman–Crippen MR) is 95.4 cm³/mol. The Morgan fingerprint density at radius 3 is 1.40 bits per heavy atom. The van der Waals surface area contributed by atoms with E-state index in [1.165, 1.54) is 64.7 Å². The van der Waals surface area contributed by atoms with Crippen LogP contribution in [0, 0.1) is 0 Å². The number of hydrogen-bond donors (Lipinski definition) is 0. The van der Waals surface area contributed by atoms with Crippen LogP contribution in [0.5, 0.6) is 0 Å². The molecule has 0 amide bonds. The Kier molecular flexibility index (Phi) is 11.5. The molecule has 0 saturated heterocycles. The van der Waals surface area contributed by atoms with Crippen LogP contribution in [0.2, 0.25) is 6.55 Å². The van der Waals surface area contributed by atoms with E-state index in [2.05, 4.69) is 55.7 Å². The van der Waals surface area contributed by atoms with E-state index in [-0.39, 0.29) is 0 Å². The summed E-state index contributed by atoms with van der Waals surface area (Å²) < 4.78 is 5.55. The Hall–Kier alpha value is -0.123. The summed E-state index contributed by atoms with van der Waals surface area (Å²) in [6.45, 7) is 20.8. The zero-order valence-corrected chi connectivity index (χ0v) is 15.7. The van der Waals surface area contributed by atoms with E-state index in [1.807, 2.05) is 0 Å². The van der Waals surface area contributed by atoms with E-state index in [1.54, 1.807) is 0 Å². The van der Waals surface area contributed by atoms with Crippen LogP contribution < -0.4 is 0 Å². The standard InChI is InChI=1S/C17H38N2Si/c1-7-12-16-18(14-9-3)20(6,11-5)19(15-10-4)17-13-8-2/h11H,5,7-10,12-17H2,1-4,6H3. The van der Waals surface area contributed by atoms with Crippen molar-refractivity contribution in [3.8, 4) is 0 Å². The fourth-order valence-corrected chi connectivity index (χ4v) is 6.32. The van der Waals surface area contributed by atoms with Crippen LogP contribution in [0.25, 0.3) is 0 Å². The minimum Gasteiger partial charge on any atom is -0.309 e. The lowest BCUT2D eigenvalue weighted by molar-refractivity contribution is 0.321. The first-order valence-electron chi connectivity index (χ1n) is 8.74. The summed E-state index contributed by atoms with van der Waals surface area (Å²) in [7, 11) is -1.67. The zero-order valence-electron chi connectivity index (χ0n) is 14.7. The van der Waals surface area contributed by atoms with Gasteiger partial charge in [0.15, 0.2) is 0 Å². The molecule has 3 heteroatoms. The Morgan fingerprint density at radius 1 is 0.750 bits per heavy atom. The van der Waals surface area contributed by atoms with Gasteiger partial charge in [-0.15, -0.1) is 6.58 Å². The molecule has 2 nitrogen and oxygen atoms in total. The lowest BCUT2D eigenvalue weighted by Gasteiger charge is -2.45. The van der Waals surface area contributed by atoms with Gasteiger partial charge in [-0.3, -0.25) is 0 Å². The van der Waals surface area contributed by atoms with Crippen LogP contribution in [-0.4, -0.2) is 43.7 Å². The van der Waals surface area contributed by atoms with Crippen LogP contribution in [0.15, 0.2) is 12.3 Å². The third kappa shape index (κ3) is 6.11. The summed E-state index contributed by atoms with van der Waals surface area (Å²) in [4.78, 5) is 0. The van der Waals surface area contributed by atoms with Gasteiger partial charge in [-0.25, -0.2) is 0 Å². The second-order valence-corrected chi connectivity index (χ2v) is 9.84. The number of hydrogen-bond acceptors (Lipinski definition) is 2. The van der Waals surface area contributed by atoms with Crippen LogP contribution in [-0.2, 0) is 0 Å². The Labute approximate surface area is 129 Å². The Morgan fingerprint density at radius 2 is 1.15 bits per heavy atom. The van der Waals surface area contributed by atoms with Crippen LogP contribution >= 0.6 is 0 Å². The molecule has 0 heterocycles. The van der Waals surface area contributed by atoms with Crippen molar-refractivity contribution in [1.82, 2.24) is 9.13 Å². The zero-order chi connectivity index (χ0) is 15.4. The third-order valence-electron chi connectivity index (χ3n) is 4.22. The second kappa shape index (κ2) is 11.5. The summed E-state index contributed by atoms with van der Waals surface area (Å²) in [5, 5.41) is 0. The normalized spacial score (nSPS) is 12.3. The molecule has 0 bridgehead atoms. The SMILES string of the molecule is C=C[Si](C)(N(CCC)CCCC)N(CCC)CCCC. The quantitative estimate of drug-likeness (QED) is 0.450. The van der Waals surface area contributed by atoms with Gasteiger partial charge in [0.05, 0.1) is 0 Å². The van der Waals surface area contributed by atoms with Crippen molar-refractivity contribution in [2.24, 2.45) is 0 Å². The molecule has 0 atom stereocenters. The van der Waals surface area contributed by atoms with Crippen LogP contribution in [0.3, 0.4) is 0 Å². The monoisotopic (exact) mass is 298 g/mol. The van der Waals surface area contributed by atoms with Crippen molar-refractivity contribution < 1.29 is 0 Å². The van der Waals surface area contributed by atoms with Gasteiger partial charge >= 0.3 is 0 Å². The lowest BCUT2D eigenvalue weighted by atomic mass is 10.3. The summed E-state index contributed by atoms with van der Waals surface area (Å²) in [5.74, 6) is 0. The second-order valence-electron chi connectivity index (χ2n) is 5.98. The maximum absolute atomic E-state index is 4.23. The Bertz CT molecular complexity index is 225. The van der Waals surface area contributed by atoms with Gasteiger partial charge in [0.25, 0.3) is 0 Å². The largest absolute Gasteiger partial charge is 0.309 e.